The van der Waals surface area contributed by atoms with E-state index >= 15 is 0 Å². The van der Waals surface area contributed by atoms with Crippen molar-refractivity contribution in [2.75, 3.05) is 5.75 Å². The first-order valence-electron chi connectivity index (χ1n) is 8.56. The monoisotopic (exact) mass is 368 g/mol. The third kappa shape index (κ3) is 4.28. The Bertz CT molecular complexity index is 787. The zero-order valence-corrected chi connectivity index (χ0v) is 15.5. The molecule has 128 valence electrons. The fourth-order valence-electron chi connectivity index (χ4n) is 2.99. The third-order valence-electron chi connectivity index (χ3n) is 4.45. The van der Waals surface area contributed by atoms with Crippen LogP contribution in [0.4, 0.5) is 5.69 Å². The van der Waals surface area contributed by atoms with Crippen LogP contribution in [0.15, 0.2) is 59.6 Å². The normalized spacial score (nSPS) is 17.4. The van der Waals surface area contributed by atoms with Crippen LogP contribution in [0.2, 0.25) is 0 Å². The molecular weight excluding hydrogens is 348 g/mol. The lowest BCUT2D eigenvalue weighted by Crippen LogP contribution is -2.31. The van der Waals surface area contributed by atoms with Crippen LogP contribution >= 0.6 is 23.5 Å². The molecule has 1 N–H and O–H groups in total. The minimum absolute atomic E-state index is 0.0907. The number of aliphatic imine (C=N–C) groups is 1. The molecule has 1 aliphatic heterocycles. The molecule has 1 amide bonds. The fourth-order valence-corrected chi connectivity index (χ4v) is 4.87. The lowest BCUT2D eigenvalue weighted by atomic mass is 10.0. The van der Waals surface area contributed by atoms with Crippen LogP contribution < -0.4 is 5.32 Å². The number of rotatable bonds is 5. The van der Waals surface area contributed by atoms with Gasteiger partial charge in [-0.2, -0.15) is 0 Å². The highest BCUT2D eigenvalue weighted by molar-refractivity contribution is 8.38. The number of carbonyl (C=O) groups is 1. The Morgan fingerprint density at radius 1 is 1.16 bits per heavy atom. The maximum atomic E-state index is 12.5. The Morgan fingerprint density at radius 2 is 1.92 bits per heavy atom. The maximum Gasteiger partial charge on any atom is 0.230 e. The summed E-state index contributed by atoms with van der Waals surface area (Å²) in [6.07, 6.45) is 2.40. The molecular formula is C20H20N2OS2. The summed E-state index contributed by atoms with van der Waals surface area (Å²) in [7, 11) is 0. The average Bonchev–Trinajstić information content (AvgIpc) is 3.50. The number of benzene rings is 2. The first-order valence-corrected chi connectivity index (χ1v) is 10.5. The van der Waals surface area contributed by atoms with Gasteiger partial charge in [-0.3, -0.25) is 4.79 Å². The molecule has 2 aliphatic rings. The van der Waals surface area contributed by atoms with E-state index in [2.05, 4.69) is 28.5 Å². The highest BCUT2D eigenvalue weighted by atomic mass is 32.2. The summed E-state index contributed by atoms with van der Waals surface area (Å²) < 4.78 is 0.983. The molecule has 1 aliphatic carbocycles. The zero-order valence-electron chi connectivity index (χ0n) is 13.9. The first kappa shape index (κ1) is 16.7. The molecule has 3 nitrogen and oxygen atoms in total. The summed E-state index contributed by atoms with van der Waals surface area (Å²) in [5.74, 6) is 2.03. The predicted octanol–water partition coefficient (Wildman–Crippen LogP) is 4.92. The van der Waals surface area contributed by atoms with Crippen molar-refractivity contribution < 1.29 is 4.79 Å². The second-order valence-corrected chi connectivity index (χ2v) is 8.56. The Labute approximate surface area is 156 Å². The van der Waals surface area contributed by atoms with Crippen molar-refractivity contribution in [2.45, 2.75) is 24.6 Å². The molecule has 4 rings (SSSR count). The van der Waals surface area contributed by atoms with Gasteiger partial charge in [-0.15, -0.1) is 0 Å². The quantitative estimate of drug-likeness (QED) is 0.814. The summed E-state index contributed by atoms with van der Waals surface area (Å²) in [4.78, 5) is 17.1. The van der Waals surface area contributed by atoms with Crippen molar-refractivity contribution in [1.29, 1.82) is 0 Å². The Morgan fingerprint density at radius 3 is 2.72 bits per heavy atom. The molecule has 0 radical (unpaired) electrons. The Kier molecular flexibility index (Phi) is 5.13. The van der Waals surface area contributed by atoms with E-state index in [1.807, 2.05) is 36.4 Å². The van der Waals surface area contributed by atoms with Crippen molar-refractivity contribution in [3.63, 3.8) is 0 Å². The van der Waals surface area contributed by atoms with Gasteiger partial charge < -0.3 is 5.32 Å². The Balaban J connectivity index is 1.36. The van der Waals surface area contributed by atoms with E-state index in [0.717, 1.165) is 15.8 Å². The summed E-state index contributed by atoms with van der Waals surface area (Å²) >= 11 is 3.25. The van der Waals surface area contributed by atoms with Crippen LogP contribution in [0, 0.1) is 5.92 Å². The number of hydrogen-bond acceptors (Lipinski definition) is 4. The van der Waals surface area contributed by atoms with Crippen LogP contribution in [0.1, 0.15) is 30.0 Å². The van der Waals surface area contributed by atoms with Gasteiger partial charge in [-0.25, -0.2) is 4.99 Å². The van der Waals surface area contributed by atoms with Crippen molar-refractivity contribution in [2.24, 2.45) is 10.9 Å². The van der Waals surface area contributed by atoms with E-state index in [-0.39, 0.29) is 11.9 Å². The van der Waals surface area contributed by atoms with Gasteiger partial charge in [0.1, 0.15) is 4.38 Å². The number of thioether (sulfide) groups is 2. The average molecular weight is 369 g/mol. The third-order valence-corrected chi connectivity index (χ3v) is 6.70. The van der Waals surface area contributed by atoms with Crippen LogP contribution in [-0.2, 0) is 10.5 Å². The minimum atomic E-state index is 0.0907. The second-order valence-electron chi connectivity index (χ2n) is 6.38. The summed E-state index contributed by atoms with van der Waals surface area (Å²) in [5.41, 5.74) is 3.50. The number of para-hydroxylation sites is 1. The van der Waals surface area contributed by atoms with Gasteiger partial charge in [0.05, 0.1) is 17.5 Å². The molecule has 0 bridgehead atoms. The number of nitrogens with one attached hydrogen (secondary N) is 1. The molecule has 0 saturated heterocycles. The zero-order chi connectivity index (χ0) is 17.1. The van der Waals surface area contributed by atoms with Gasteiger partial charge in [-0.1, -0.05) is 72.1 Å². The summed E-state index contributed by atoms with van der Waals surface area (Å²) in [6.45, 7) is 0. The van der Waals surface area contributed by atoms with Gasteiger partial charge in [0.25, 0.3) is 0 Å². The standard InChI is InChI=1S/C20H20N2OS2/c23-18(22-19(15-10-11-15)14-6-2-1-3-7-14)13-25-20-21-17-9-5-4-8-16(17)12-24-20/h1-9,15,19H,10-13H2,(H,22,23). The van der Waals surface area contributed by atoms with Gasteiger partial charge in [-0.05, 0) is 36.0 Å². The van der Waals surface area contributed by atoms with E-state index in [1.165, 1.54) is 35.7 Å². The molecule has 0 aromatic heterocycles. The molecule has 5 heteroatoms. The lowest BCUT2D eigenvalue weighted by Gasteiger charge is -2.19. The SMILES string of the molecule is O=C(CSC1=Nc2ccccc2CS1)NC(c1ccccc1)C1CC1. The second kappa shape index (κ2) is 7.67. The van der Waals surface area contributed by atoms with E-state index in [1.54, 1.807) is 11.8 Å². The van der Waals surface area contributed by atoms with E-state index in [4.69, 9.17) is 0 Å². The van der Waals surface area contributed by atoms with Gasteiger partial charge in [0.15, 0.2) is 0 Å². The smallest absolute Gasteiger partial charge is 0.230 e. The molecule has 1 saturated carbocycles. The van der Waals surface area contributed by atoms with Crippen LogP contribution in [-0.4, -0.2) is 16.0 Å². The number of fused-ring (bicyclic) bond motifs is 1. The minimum Gasteiger partial charge on any atom is -0.348 e. The van der Waals surface area contributed by atoms with E-state index in [0.29, 0.717) is 11.7 Å². The van der Waals surface area contributed by atoms with Gasteiger partial charge in [0, 0.05) is 5.75 Å². The topological polar surface area (TPSA) is 41.5 Å². The van der Waals surface area contributed by atoms with Crippen LogP contribution in [0.3, 0.4) is 0 Å². The molecule has 1 atom stereocenters. The lowest BCUT2D eigenvalue weighted by molar-refractivity contribution is -0.119. The summed E-state index contributed by atoms with van der Waals surface area (Å²) in [6, 6.07) is 18.7. The van der Waals surface area contributed by atoms with Gasteiger partial charge >= 0.3 is 0 Å². The van der Waals surface area contributed by atoms with Crippen LogP contribution in [0.5, 0.6) is 0 Å². The highest BCUT2D eigenvalue weighted by Gasteiger charge is 2.33. The number of amides is 1. The molecule has 2 aromatic rings. The van der Waals surface area contributed by atoms with Crippen molar-refractivity contribution >= 4 is 39.5 Å². The molecule has 2 aromatic carbocycles. The molecule has 1 heterocycles. The van der Waals surface area contributed by atoms with Crippen molar-refractivity contribution in [3.05, 3.63) is 65.7 Å². The number of nitrogens with zero attached hydrogens (tertiary/aromatic N) is 1. The predicted molar refractivity (Wildman–Crippen MR) is 107 cm³/mol. The first-order chi connectivity index (χ1) is 12.3. The van der Waals surface area contributed by atoms with E-state index in [9.17, 15) is 4.79 Å². The highest BCUT2D eigenvalue weighted by Crippen LogP contribution is 2.41. The Hall–Kier alpha value is -1.72. The van der Waals surface area contributed by atoms with Crippen molar-refractivity contribution in [1.82, 2.24) is 5.32 Å². The van der Waals surface area contributed by atoms with Gasteiger partial charge in [0.2, 0.25) is 5.91 Å². The molecule has 0 spiro atoms. The number of hydrogen-bond donors (Lipinski definition) is 1. The van der Waals surface area contributed by atoms with E-state index < -0.39 is 0 Å². The fraction of sp³-hybridized carbons (Fsp3) is 0.300. The molecule has 1 unspecified atom stereocenters. The molecule has 1 fully saturated rings. The summed E-state index contributed by atoms with van der Waals surface area (Å²) in [5, 5.41) is 3.23. The number of carbonyl (C=O) groups excluding carboxylic acids is 1. The van der Waals surface area contributed by atoms with Crippen LogP contribution in [0.25, 0.3) is 0 Å². The maximum absolute atomic E-state index is 12.5. The largest absolute Gasteiger partial charge is 0.348 e. The van der Waals surface area contributed by atoms with Crippen molar-refractivity contribution in [3.8, 4) is 0 Å². The molecule has 25 heavy (non-hydrogen) atoms.